The van der Waals surface area contributed by atoms with Crippen LogP contribution in [0.5, 0.6) is 0 Å². The van der Waals surface area contributed by atoms with Crippen LogP contribution in [0.15, 0.2) is 0 Å². The lowest BCUT2D eigenvalue weighted by Crippen LogP contribution is -2.50. The number of hydrogen-bond acceptors (Lipinski definition) is 3. The van der Waals surface area contributed by atoms with Crippen LogP contribution in [-0.2, 0) is 4.74 Å². The molecule has 1 rings (SSSR count). The summed E-state index contributed by atoms with van der Waals surface area (Å²) in [4.78, 5) is 2.37. The van der Waals surface area contributed by atoms with Crippen LogP contribution < -0.4 is 5.73 Å². The van der Waals surface area contributed by atoms with Crippen LogP contribution in [0, 0.1) is 5.92 Å². The summed E-state index contributed by atoms with van der Waals surface area (Å²) in [6, 6.07) is 0.911. The van der Waals surface area contributed by atoms with E-state index in [9.17, 15) is 0 Å². The molecule has 15 heavy (non-hydrogen) atoms. The number of nitrogens with two attached hydrogens (primary N) is 1. The zero-order valence-electron chi connectivity index (χ0n) is 10.4. The monoisotopic (exact) mass is 214 g/mol. The minimum Gasteiger partial charge on any atom is -0.383 e. The highest BCUT2D eigenvalue weighted by atomic mass is 16.5. The first-order valence-electron chi connectivity index (χ1n) is 6.13. The van der Waals surface area contributed by atoms with Crippen molar-refractivity contribution in [1.82, 2.24) is 4.90 Å². The fourth-order valence-electron chi connectivity index (χ4n) is 2.53. The number of nitrogens with zero attached hydrogens (tertiary/aromatic N) is 1. The van der Waals surface area contributed by atoms with Crippen molar-refractivity contribution in [2.45, 2.75) is 44.7 Å². The molecule has 90 valence electrons. The molecule has 0 saturated heterocycles. The highest BCUT2D eigenvalue weighted by molar-refractivity contribution is 4.87. The SMILES string of the molecule is CCC1CCC(N)C(N(C)CCOC)C1. The summed E-state index contributed by atoms with van der Waals surface area (Å²) in [5.41, 5.74) is 6.19. The topological polar surface area (TPSA) is 38.5 Å². The van der Waals surface area contributed by atoms with Crippen LogP contribution in [-0.4, -0.2) is 44.3 Å². The van der Waals surface area contributed by atoms with E-state index in [0.717, 1.165) is 19.1 Å². The van der Waals surface area contributed by atoms with E-state index >= 15 is 0 Å². The molecule has 3 heteroatoms. The van der Waals surface area contributed by atoms with E-state index in [4.69, 9.17) is 10.5 Å². The minimum atomic E-state index is 0.356. The lowest BCUT2D eigenvalue weighted by atomic mass is 9.81. The van der Waals surface area contributed by atoms with E-state index < -0.39 is 0 Å². The Hall–Kier alpha value is -0.120. The Morgan fingerprint density at radius 3 is 2.73 bits per heavy atom. The van der Waals surface area contributed by atoms with Gasteiger partial charge in [-0.25, -0.2) is 0 Å². The fraction of sp³-hybridized carbons (Fsp3) is 1.00. The quantitative estimate of drug-likeness (QED) is 0.753. The Kier molecular flexibility index (Phi) is 5.58. The van der Waals surface area contributed by atoms with Gasteiger partial charge in [0.05, 0.1) is 6.61 Å². The molecule has 3 unspecified atom stereocenters. The van der Waals surface area contributed by atoms with Crippen molar-refractivity contribution >= 4 is 0 Å². The number of hydrogen-bond donors (Lipinski definition) is 1. The van der Waals surface area contributed by atoms with Crippen molar-refractivity contribution in [2.24, 2.45) is 11.7 Å². The second-order valence-electron chi connectivity index (χ2n) is 4.79. The molecule has 0 heterocycles. The molecule has 0 aliphatic heterocycles. The van der Waals surface area contributed by atoms with Crippen molar-refractivity contribution in [3.05, 3.63) is 0 Å². The van der Waals surface area contributed by atoms with Crippen LogP contribution in [0.3, 0.4) is 0 Å². The zero-order chi connectivity index (χ0) is 11.3. The fourth-order valence-corrected chi connectivity index (χ4v) is 2.53. The van der Waals surface area contributed by atoms with Crippen molar-refractivity contribution in [3.63, 3.8) is 0 Å². The van der Waals surface area contributed by atoms with Gasteiger partial charge >= 0.3 is 0 Å². The van der Waals surface area contributed by atoms with Gasteiger partial charge < -0.3 is 10.5 Å². The minimum absolute atomic E-state index is 0.356. The summed E-state index contributed by atoms with van der Waals surface area (Å²) >= 11 is 0. The first-order chi connectivity index (χ1) is 7.19. The molecule has 1 saturated carbocycles. The molecular weight excluding hydrogens is 188 g/mol. The summed E-state index contributed by atoms with van der Waals surface area (Å²) in [7, 11) is 3.92. The van der Waals surface area contributed by atoms with Crippen molar-refractivity contribution in [2.75, 3.05) is 27.3 Å². The molecule has 0 spiro atoms. The van der Waals surface area contributed by atoms with Gasteiger partial charge in [-0.2, -0.15) is 0 Å². The summed E-state index contributed by atoms with van der Waals surface area (Å²) in [6.45, 7) is 4.08. The zero-order valence-corrected chi connectivity index (χ0v) is 10.4. The molecule has 1 fully saturated rings. The Morgan fingerprint density at radius 2 is 2.13 bits per heavy atom. The lowest BCUT2D eigenvalue weighted by Gasteiger charge is -2.39. The highest BCUT2D eigenvalue weighted by Crippen LogP contribution is 2.28. The smallest absolute Gasteiger partial charge is 0.0589 e. The van der Waals surface area contributed by atoms with Crippen LogP contribution in [0.2, 0.25) is 0 Å². The third-order valence-electron chi connectivity index (χ3n) is 3.77. The number of ether oxygens (including phenoxy) is 1. The van der Waals surface area contributed by atoms with E-state index in [1.54, 1.807) is 7.11 Å². The molecule has 0 radical (unpaired) electrons. The van der Waals surface area contributed by atoms with E-state index in [1.807, 2.05) is 0 Å². The Morgan fingerprint density at radius 1 is 1.40 bits per heavy atom. The van der Waals surface area contributed by atoms with Crippen molar-refractivity contribution in [3.8, 4) is 0 Å². The van der Waals surface area contributed by atoms with Gasteiger partial charge in [0.15, 0.2) is 0 Å². The highest BCUT2D eigenvalue weighted by Gasteiger charge is 2.29. The Bertz CT molecular complexity index is 175. The van der Waals surface area contributed by atoms with Crippen LogP contribution in [0.4, 0.5) is 0 Å². The van der Waals surface area contributed by atoms with E-state index in [0.29, 0.717) is 12.1 Å². The molecule has 1 aliphatic carbocycles. The van der Waals surface area contributed by atoms with Gasteiger partial charge in [-0.1, -0.05) is 13.3 Å². The maximum atomic E-state index is 6.19. The number of rotatable bonds is 5. The van der Waals surface area contributed by atoms with Crippen LogP contribution in [0.1, 0.15) is 32.6 Å². The molecule has 3 atom stereocenters. The Balaban J connectivity index is 2.42. The predicted octanol–water partition coefficient (Wildman–Crippen LogP) is 1.47. The van der Waals surface area contributed by atoms with E-state index in [-0.39, 0.29) is 0 Å². The molecule has 0 aromatic carbocycles. The van der Waals surface area contributed by atoms with Gasteiger partial charge in [0.1, 0.15) is 0 Å². The Labute approximate surface area is 94.0 Å². The van der Waals surface area contributed by atoms with Gasteiger partial charge in [-0.3, -0.25) is 4.90 Å². The number of likely N-dealkylation sites (N-methyl/N-ethyl adjacent to an activating group) is 1. The molecule has 0 bridgehead atoms. The average molecular weight is 214 g/mol. The number of methoxy groups -OCH3 is 1. The normalized spacial score (nSPS) is 32.2. The molecule has 0 aromatic heterocycles. The maximum absolute atomic E-state index is 6.19. The van der Waals surface area contributed by atoms with Gasteiger partial charge in [-0.05, 0) is 32.2 Å². The van der Waals surface area contributed by atoms with E-state index in [2.05, 4.69) is 18.9 Å². The van der Waals surface area contributed by atoms with E-state index in [1.165, 1.54) is 25.7 Å². The predicted molar refractivity (Wildman–Crippen MR) is 63.9 cm³/mol. The second-order valence-corrected chi connectivity index (χ2v) is 4.79. The molecular formula is C12H26N2O. The van der Waals surface area contributed by atoms with Crippen LogP contribution in [0.25, 0.3) is 0 Å². The summed E-state index contributed by atoms with van der Waals surface area (Å²) in [6.07, 6.45) is 5.05. The summed E-state index contributed by atoms with van der Waals surface area (Å²) < 4.78 is 5.11. The third-order valence-corrected chi connectivity index (χ3v) is 3.77. The second kappa shape index (κ2) is 6.46. The molecule has 1 aliphatic rings. The molecule has 0 aromatic rings. The largest absolute Gasteiger partial charge is 0.383 e. The summed E-state index contributed by atoms with van der Waals surface area (Å²) in [5.74, 6) is 0.875. The average Bonchev–Trinajstić information content (AvgIpc) is 2.26. The van der Waals surface area contributed by atoms with Gasteiger partial charge in [0, 0.05) is 25.7 Å². The first-order valence-corrected chi connectivity index (χ1v) is 6.13. The third kappa shape index (κ3) is 3.74. The van der Waals surface area contributed by atoms with Crippen LogP contribution >= 0.6 is 0 Å². The first kappa shape index (κ1) is 12.9. The molecule has 0 amide bonds. The lowest BCUT2D eigenvalue weighted by molar-refractivity contribution is 0.0968. The maximum Gasteiger partial charge on any atom is 0.0589 e. The standard InChI is InChI=1S/C12H26N2O/c1-4-10-5-6-11(13)12(9-10)14(2)7-8-15-3/h10-12H,4-9,13H2,1-3H3. The molecule has 2 N–H and O–H groups in total. The van der Waals surface area contributed by atoms with Crippen molar-refractivity contribution < 1.29 is 4.74 Å². The van der Waals surface area contributed by atoms with Gasteiger partial charge in [0.2, 0.25) is 0 Å². The summed E-state index contributed by atoms with van der Waals surface area (Å²) in [5, 5.41) is 0. The van der Waals surface area contributed by atoms with Gasteiger partial charge in [0.25, 0.3) is 0 Å². The van der Waals surface area contributed by atoms with Gasteiger partial charge in [-0.15, -0.1) is 0 Å². The molecule has 3 nitrogen and oxygen atoms in total. The van der Waals surface area contributed by atoms with Crippen molar-refractivity contribution in [1.29, 1.82) is 0 Å².